The molecule has 2 atom stereocenters. The summed E-state index contributed by atoms with van der Waals surface area (Å²) in [4.78, 5) is 2.68. The van der Waals surface area contributed by atoms with Crippen LogP contribution < -0.4 is 0 Å². The highest BCUT2D eigenvalue weighted by Gasteiger charge is 2.47. The topological polar surface area (TPSA) is 3.24 Å². The van der Waals surface area contributed by atoms with E-state index in [-0.39, 0.29) is 0 Å². The lowest BCUT2D eigenvalue weighted by Gasteiger charge is -2.32. The maximum Gasteiger partial charge on any atom is 0.0282 e. The van der Waals surface area contributed by atoms with Crippen LogP contribution in [0.3, 0.4) is 0 Å². The largest absolute Gasteiger partial charge is 0.291 e. The fourth-order valence-electron chi connectivity index (χ4n) is 3.05. The lowest BCUT2D eigenvalue weighted by molar-refractivity contribution is 0.155. The van der Waals surface area contributed by atoms with Crippen LogP contribution in [0, 0.1) is 0 Å². The van der Waals surface area contributed by atoms with Crippen LogP contribution >= 0.6 is 0 Å². The van der Waals surface area contributed by atoms with Gasteiger partial charge in [0.15, 0.2) is 0 Å². The minimum Gasteiger partial charge on any atom is -0.291 e. The van der Waals surface area contributed by atoms with Crippen LogP contribution in [0.25, 0.3) is 0 Å². The summed E-state index contributed by atoms with van der Waals surface area (Å²) < 4.78 is 0. The summed E-state index contributed by atoms with van der Waals surface area (Å²) >= 11 is 0. The Kier molecular flexibility index (Phi) is 1.80. The van der Waals surface area contributed by atoms with Crippen molar-refractivity contribution in [1.29, 1.82) is 0 Å². The molecule has 0 amide bonds. The first-order valence-electron chi connectivity index (χ1n) is 5.14. The SMILES string of the molecule is C=C1C[C@]2(CC)CCCN2[C@@H]1C. The van der Waals surface area contributed by atoms with Crippen LogP contribution in [0.2, 0.25) is 0 Å². The van der Waals surface area contributed by atoms with Gasteiger partial charge in [0, 0.05) is 11.6 Å². The number of hydrogen-bond acceptors (Lipinski definition) is 1. The molecule has 2 aliphatic heterocycles. The van der Waals surface area contributed by atoms with Gasteiger partial charge in [0.1, 0.15) is 0 Å². The van der Waals surface area contributed by atoms with Crippen molar-refractivity contribution in [1.82, 2.24) is 4.90 Å². The summed E-state index contributed by atoms with van der Waals surface area (Å²) in [6, 6.07) is 0.646. The molecule has 2 saturated heterocycles. The molecule has 0 saturated carbocycles. The molecule has 0 spiro atoms. The van der Waals surface area contributed by atoms with Gasteiger partial charge in [-0.05, 0) is 39.2 Å². The van der Waals surface area contributed by atoms with Gasteiger partial charge >= 0.3 is 0 Å². The van der Waals surface area contributed by atoms with Crippen LogP contribution in [0.1, 0.15) is 39.5 Å². The lowest BCUT2D eigenvalue weighted by atomic mass is 9.90. The third-order valence-corrected chi connectivity index (χ3v) is 3.92. The quantitative estimate of drug-likeness (QED) is 0.540. The second kappa shape index (κ2) is 2.59. The van der Waals surface area contributed by atoms with Crippen molar-refractivity contribution in [3.63, 3.8) is 0 Å². The molecule has 2 heterocycles. The second-order valence-electron chi connectivity index (χ2n) is 4.39. The van der Waals surface area contributed by atoms with E-state index < -0.39 is 0 Å². The van der Waals surface area contributed by atoms with E-state index in [0.717, 1.165) is 0 Å². The Morgan fingerprint density at radius 1 is 1.67 bits per heavy atom. The van der Waals surface area contributed by atoms with Crippen molar-refractivity contribution in [2.75, 3.05) is 6.54 Å². The van der Waals surface area contributed by atoms with Crippen LogP contribution in [-0.2, 0) is 0 Å². The first-order chi connectivity index (χ1) is 5.69. The highest BCUT2D eigenvalue weighted by atomic mass is 15.3. The van der Waals surface area contributed by atoms with Crippen LogP contribution in [-0.4, -0.2) is 23.0 Å². The van der Waals surface area contributed by atoms with E-state index in [0.29, 0.717) is 11.6 Å². The molecule has 0 aromatic carbocycles. The summed E-state index contributed by atoms with van der Waals surface area (Å²) in [5, 5.41) is 0. The van der Waals surface area contributed by atoms with Gasteiger partial charge in [-0.2, -0.15) is 0 Å². The fraction of sp³-hybridized carbons (Fsp3) is 0.818. The molecule has 1 nitrogen and oxygen atoms in total. The Balaban J connectivity index is 2.27. The van der Waals surface area contributed by atoms with Gasteiger partial charge < -0.3 is 0 Å². The third kappa shape index (κ3) is 0.891. The summed E-state index contributed by atoms with van der Waals surface area (Å²) in [6.07, 6.45) is 5.35. The smallest absolute Gasteiger partial charge is 0.0282 e. The third-order valence-electron chi connectivity index (χ3n) is 3.92. The van der Waals surface area contributed by atoms with E-state index in [9.17, 15) is 0 Å². The van der Waals surface area contributed by atoms with Gasteiger partial charge in [0.2, 0.25) is 0 Å². The highest BCUT2D eigenvalue weighted by molar-refractivity contribution is 5.21. The first-order valence-corrected chi connectivity index (χ1v) is 5.14. The Morgan fingerprint density at radius 2 is 2.42 bits per heavy atom. The van der Waals surface area contributed by atoms with Crippen molar-refractivity contribution in [2.45, 2.75) is 51.1 Å². The van der Waals surface area contributed by atoms with E-state index in [1.807, 2.05) is 0 Å². The van der Waals surface area contributed by atoms with Gasteiger partial charge in [0.25, 0.3) is 0 Å². The number of nitrogens with zero attached hydrogens (tertiary/aromatic N) is 1. The molecule has 68 valence electrons. The minimum atomic E-state index is 0.524. The fourth-order valence-corrected chi connectivity index (χ4v) is 3.05. The zero-order valence-electron chi connectivity index (χ0n) is 8.27. The molecule has 0 unspecified atom stereocenters. The monoisotopic (exact) mass is 165 g/mol. The number of rotatable bonds is 1. The van der Waals surface area contributed by atoms with E-state index in [2.05, 4.69) is 25.3 Å². The molecule has 0 aromatic heterocycles. The van der Waals surface area contributed by atoms with Crippen molar-refractivity contribution in [2.24, 2.45) is 0 Å². The predicted molar refractivity (Wildman–Crippen MR) is 52.2 cm³/mol. The normalized spacial score (nSPS) is 42.2. The molecule has 12 heavy (non-hydrogen) atoms. The van der Waals surface area contributed by atoms with Crippen LogP contribution in [0.15, 0.2) is 12.2 Å². The second-order valence-corrected chi connectivity index (χ2v) is 4.39. The number of hydrogen-bond donors (Lipinski definition) is 0. The lowest BCUT2D eigenvalue weighted by Crippen LogP contribution is -2.40. The standard InChI is InChI=1S/C11H19N/c1-4-11-6-5-7-12(11)10(3)9(2)8-11/h10H,2,4-8H2,1,3H3/t10-,11+/m1/s1. The van der Waals surface area contributed by atoms with Gasteiger partial charge in [-0.1, -0.05) is 19.1 Å². The summed E-state index contributed by atoms with van der Waals surface area (Å²) in [6.45, 7) is 10.1. The van der Waals surface area contributed by atoms with Gasteiger partial charge in [-0.25, -0.2) is 0 Å². The van der Waals surface area contributed by atoms with Crippen molar-refractivity contribution in [3.8, 4) is 0 Å². The average Bonchev–Trinajstić information content (AvgIpc) is 2.55. The summed E-state index contributed by atoms with van der Waals surface area (Å²) in [5.41, 5.74) is 1.98. The maximum atomic E-state index is 4.17. The van der Waals surface area contributed by atoms with Crippen molar-refractivity contribution >= 4 is 0 Å². The average molecular weight is 165 g/mol. The number of fused-ring (bicyclic) bond motifs is 1. The maximum absolute atomic E-state index is 4.17. The van der Waals surface area contributed by atoms with Gasteiger partial charge in [0.05, 0.1) is 0 Å². The van der Waals surface area contributed by atoms with E-state index in [1.165, 1.54) is 37.8 Å². The zero-order chi connectivity index (χ0) is 8.77. The highest BCUT2D eigenvalue weighted by Crippen LogP contribution is 2.46. The summed E-state index contributed by atoms with van der Waals surface area (Å²) in [5.74, 6) is 0. The minimum absolute atomic E-state index is 0.524. The van der Waals surface area contributed by atoms with E-state index in [4.69, 9.17) is 0 Å². The molecule has 0 bridgehead atoms. The van der Waals surface area contributed by atoms with E-state index in [1.54, 1.807) is 0 Å². The Bertz CT molecular complexity index is 209. The van der Waals surface area contributed by atoms with Gasteiger partial charge in [-0.3, -0.25) is 4.90 Å². The summed E-state index contributed by atoms with van der Waals surface area (Å²) in [7, 11) is 0. The molecule has 2 aliphatic rings. The Labute approximate surface area is 75.4 Å². The molecule has 2 fully saturated rings. The van der Waals surface area contributed by atoms with Crippen LogP contribution in [0.5, 0.6) is 0 Å². The van der Waals surface area contributed by atoms with Crippen molar-refractivity contribution < 1.29 is 0 Å². The van der Waals surface area contributed by atoms with E-state index >= 15 is 0 Å². The van der Waals surface area contributed by atoms with Crippen LogP contribution in [0.4, 0.5) is 0 Å². The Morgan fingerprint density at radius 3 is 3.00 bits per heavy atom. The molecule has 0 radical (unpaired) electrons. The Hall–Kier alpha value is -0.300. The molecule has 0 aliphatic carbocycles. The molecule has 0 N–H and O–H groups in total. The molecule has 1 heteroatoms. The molecular weight excluding hydrogens is 146 g/mol. The zero-order valence-corrected chi connectivity index (χ0v) is 8.27. The molecule has 0 aromatic rings. The molecule has 2 rings (SSSR count). The molecular formula is C11H19N. The van der Waals surface area contributed by atoms with Gasteiger partial charge in [-0.15, -0.1) is 0 Å². The first kappa shape index (κ1) is 8.31. The predicted octanol–water partition coefficient (Wildman–Crippen LogP) is 2.58. The van der Waals surface area contributed by atoms with Crippen molar-refractivity contribution in [3.05, 3.63) is 12.2 Å².